The van der Waals surface area contributed by atoms with Crippen LogP contribution in [0.15, 0.2) is 12.7 Å². The molecule has 2 atom stereocenters. The maximum atomic E-state index is 12.4. The van der Waals surface area contributed by atoms with E-state index in [4.69, 9.17) is 4.74 Å². The minimum Gasteiger partial charge on any atom is -0.460 e. The highest BCUT2D eigenvalue weighted by Crippen LogP contribution is 2.29. The SMILES string of the molecule is C=CCC1CCCCC(CC(=O)OC(C)(C)C)C1=O. The van der Waals surface area contributed by atoms with Gasteiger partial charge in [0, 0.05) is 11.8 Å². The van der Waals surface area contributed by atoms with Crippen LogP contribution >= 0.6 is 0 Å². The summed E-state index contributed by atoms with van der Waals surface area (Å²) in [6, 6.07) is 0. The van der Waals surface area contributed by atoms with Crippen molar-refractivity contribution < 1.29 is 14.3 Å². The molecule has 0 aromatic heterocycles. The lowest BCUT2D eigenvalue weighted by molar-refractivity contribution is -0.157. The maximum absolute atomic E-state index is 12.4. The molecule has 0 bridgehead atoms. The summed E-state index contributed by atoms with van der Waals surface area (Å²) >= 11 is 0. The van der Waals surface area contributed by atoms with E-state index in [0.29, 0.717) is 0 Å². The van der Waals surface area contributed by atoms with Gasteiger partial charge in [-0.15, -0.1) is 6.58 Å². The zero-order chi connectivity index (χ0) is 14.5. The zero-order valence-electron chi connectivity index (χ0n) is 12.4. The van der Waals surface area contributed by atoms with Crippen LogP contribution in [-0.4, -0.2) is 17.4 Å². The van der Waals surface area contributed by atoms with Gasteiger partial charge in [0.25, 0.3) is 0 Å². The lowest BCUT2D eigenvalue weighted by Crippen LogP contribution is -2.29. The van der Waals surface area contributed by atoms with Crippen molar-refractivity contribution in [3.05, 3.63) is 12.7 Å². The fourth-order valence-electron chi connectivity index (χ4n) is 2.62. The van der Waals surface area contributed by atoms with Gasteiger partial charge in [0.2, 0.25) is 0 Å². The summed E-state index contributed by atoms with van der Waals surface area (Å²) in [6.45, 7) is 9.25. The number of carbonyl (C=O) groups is 2. The third-order valence-electron chi connectivity index (χ3n) is 3.44. The molecule has 3 nitrogen and oxygen atoms in total. The van der Waals surface area contributed by atoms with E-state index in [1.54, 1.807) is 6.08 Å². The Kier molecular flexibility index (Phi) is 5.77. The molecule has 0 spiro atoms. The Labute approximate surface area is 116 Å². The summed E-state index contributed by atoms with van der Waals surface area (Å²) in [6.07, 6.45) is 6.58. The minimum atomic E-state index is -0.481. The molecule has 0 saturated heterocycles. The number of Topliss-reactive ketones (excluding diaryl/α,β-unsaturated/α-hetero) is 1. The number of hydrogen-bond acceptors (Lipinski definition) is 3. The Hall–Kier alpha value is -1.12. The predicted molar refractivity (Wildman–Crippen MR) is 75.7 cm³/mol. The van der Waals surface area contributed by atoms with Gasteiger partial charge in [-0.2, -0.15) is 0 Å². The maximum Gasteiger partial charge on any atom is 0.307 e. The number of esters is 1. The van der Waals surface area contributed by atoms with E-state index in [1.807, 2.05) is 20.8 Å². The van der Waals surface area contributed by atoms with Gasteiger partial charge in [-0.25, -0.2) is 0 Å². The molecule has 0 amide bonds. The summed E-state index contributed by atoms with van der Waals surface area (Å²) in [7, 11) is 0. The summed E-state index contributed by atoms with van der Waals surface area (Å²) < 4.78 is 5.31. The van der Waals surface area contributed by atoms with Crippen LogP contribution in [0.25, 0.3) is 0 Å². The van der Waals surface area contributed by atoms with Crippen LogP contribution in [0.4, 0.5) is 0 Å². The first-order chi connectivity index (χ1) is 8.83. The van der Waals surface area contributed by atoms with Gasteiger partial charge in [0.1, 0.15) is 11.4 Å². The van der Waals surface area contributed by atoms with Crippen molar-refractivity contribution in [3.63, 3.8) is 0 Å². The smallest absolute Gasteiger partial charge is 0.307 e. The van der Waals surface area contributed by atoms with Crippen molar-refractivity contribution in [2.75, 3.05) is 0 Å². The van der Waals surface area contributed by atoms with E-state index in [-0.39, 0.29) is 30.0 Å². The number of allylic oxidation sites excluding steroid dienone is 1. The van der Waals surface area contributed by atoms with E-state index in [0.717, 1.165) is 32.1 Å². The number of hydrogen-bond donors (Lipinski definition) is 0. The topological polar surface area (TPSA) is 43.4 Å². The van der Waals surface area contributed by atoms with Crippen molar-refractivity contribution in [2.24, 2.45) is 11.8 Å². The molecule has 2 unspecified atom stereocenters. The summed E-state index contributed by atoms with van der Waals surface area (Å²) in [5, 5.41) is 0. The first kappa shape index (κ1) is 15.9. The van der Waals surface area contributed by atoms with E-state index in [9.17, 15) is 9.59 Å². The van der Waals surface area contributed by atoms with Crippen LogP contribution in [0.2, 0.25) is 0 Å². The fraction of sp³-hybridized carbons (Fsp3) is 0.750. The lowest BCUT2D eigenvalue weighted by Gasteiger charge is -2.22. The molecule has 1 fully saturated rings. The molecule has 19 heavy (non-hydrogen) atoms. The quantitative estimate of drug-likeness (QED) is 0.443. The normalized spacial score (nSPS) is 24.7. The standard InChI is InChI=1S/C16H26O3/c1-5-8-12-9-6-7-10-13(15(12)18)11-14(17)19-16(2,3)4/h5,12-13H,1,6-11H2,2-4H3. The van der Waals surface area contributed by atoms with Gasteiger partial charge in [0.05, 0.1) is 6.42 Å². The summed E-state index contributed by atoms with van der Waals surface area (Å²) in [5.41, 5.74) is -0.481. The van der Waals surface area contributed by atoms with Crippen molar-refractivity contribution >= 4 is 11.8 Å². The molecule has 3 heteroatoms. The largest absolute Gasteiger partial charge is 0.460 e. The van der Waals surface area contributed by atoms with E-state index in [1.165, 1.54) is 0 Å². The van der Waals surface area contributed by atoms with Gasteiger partial charge in [-0.3, -0.25) is 9.59 Å². The highest BCUT2D eigenvalue weighted by Gasteiger charge is 2.31. The Morgan fingerprint density at radius 1 is 1.32 bits per heavy atom. The molecule has 1 aliphatic carbocycles. The lowest BCUT2D eigenvalue weighted by atomic mass is 9.87. The molecule has 0 heterocycles. The average molecular weight is 266 g/mol. The second-order valence-electron chi connectivity index (χ2n) is 6.40. The molecule has 0 aliphatic heterocycles. The first-order valence-corrected chi connectivity index (χ1v) is 7.20. The van der Waals surface area contributed by atoms with Gasteiger partial charge in [0.15, 0.2) is 0 Å². The third-order valence-corrected chi connectivity index (χ3v) is 3.44. The third kappa shape index (κ3) is 5.58. The van der Waals surface area contributed by atoms with Crippen molar-refractivity contribution in [1.29, 1.82) is 0 Å². The van der Waals surface area contributed by atoms with E-state index in [2.05, 4.69) is 6.58 Å². The molecular formula is C16H26O3. The molecule has 0 radical (unpaired) electrons. The van der Waals surface area contributed by atoms with E-state index >= 15 is 0 Å². The predicted octanol–water partition coefficient (Wildman–Crippen LogP) is 3.67. The second-order valence-corrected chi connectivity index (χ2v) is 6.40. The number of rotatable bonds is 4. The van der Waals surface area contributed by atoms with Crippen LogP contribution in [0.1, 0.15) is 59.3 Å². The Morgan fingerprint density at radius 3 is 2.42 bits per heavy atom. The highest BCUT2D eigenvalue weighted by molar-refractivity contribution is 5.87. The summed E-state index contributed by atoms with van der Waals surface area (Å²) in [5.74, 6) is -0.150. The van der Waals surface area contributed by atoms with Crippen LogP contribution < -0.4 is 0 Å². The van der Waals surface area contributed by atoms with Gasteiger partial charge in [-0.1, -0.05) is 18.9 Å². The monoisotopic (exact) mass is 266 g/mol. The molecule has 1 rings (SSSR count). The molecule has 0 aromatic carbocycles. The Morgan fingerprint density at radius 2 is 1.89 bits per heavy atom. The molecule has 0 N–H and O–H groups in total. The molecule has 108 valence electrons. The zero-order valence-corrected chi connectivity index (χ0v) is 12.4. The van der Waals surface area contributed by atoms with Gasteiger partial charge < -0.3 is 4.74 Å². The van der Waals surface area contributed by atoms with Gasteiger partial charge >= 0.3 is 5.97 Å². The van der Waals surface area contributed by atoms with E-state index < -0.39 is 5.60 Å². The second kappa shape index (κ2) is 6.88. The minimum absolute atomic E-state index is 0.0486. The van der Waals surface area contributed by atoms with Crippen LogP contribution in [0, 0.1) is 11.8 Å². The van der Waals surface area contributed by atoms with Crippen LogP contribution in [0.5, 0.6) is 0 Å². The van der Waals surface area contributed by atoms with Crippen LogP contribution in [0.3, 0.4) is 0 Å². The Balaban J connectivity index is 2.62. The molecule has 1 saturated carbocycles. The van der Waals surface area contributed by atoms with Crippen molar-refractivity contribution in [3.8, 4) is 0 Å². The van der Waals surface area contributed by atoms with Crippen molar-refractivity contribution in [1.82, 2.24) is 0 Å². The number of carbonyl (C=O) groups excluding carboxylic acids is 2. The molecular weight excluding hydrogens is 240 g/mol. The highest BCUT2D eigenvalue weighted by atomic mass is 16.6. The van der Waals surface area contributed by atoms with Gasteiger partial charge in [-0.05, 0) is 40.0 Å². The van der Waals surface area contributed by atoms with Crippen LogP contribution in [-0.2, 0) is 14.3 Å². The number of ether oxygens (including phenoxy) is 1. The molecule has 1 aliphatic rings. The molecule has 0 aromatic rings. The number of ketones is 1. The first-order valence-electron chi connectivity index (χ1n) is 7.20. The Bertz CT molecular complexity index is 338. The summed E-state index contributed by atoms with van der Waals surface area (Å²) in [4.78, 5) is 24.2. The van der Waals surface area contributed by atoms with Crippen molar-refractivity contribution in [2.45, 2.75) is 64.9 Å². The average Bonchev–Trinajstić information content (AvgIpc) is 2.42. The fourth-order valence-corrected chi connectivity index (χ4v) is 2.62.